The van der Waals surface area contributed by atoms with E-state index in [4.69, 9.17) is 9.47 Å². The normalized spacial score (nSPS) is 25.3. The fourth-order valence-electron chi connectivity index (χ4n) is 3.28. The summed E-state index contributed by atoms with van der Waals surface area (Å²) >= 11 is 0. The number of aliphatic hydroxyl groups is 1. The lowest BCUT2D eigenvalue weighted by Gasteiger charge is -2.40. The van der Waals surface area contributed by atoms with Crippen molar-refractivity contribution in [3.8, 4) is 11.5 Å². The van der Waals surface area contributed by atoms with E-state index < -0.39 is 0 Å². The maximum atomic E-state index is 9.65. The molecule has 20 heavy (non-hydrogen) atoms. The first-order valence-corrected chi connectivity index (χ1v) is 7.08. The summed E-state index contributed by atoms with van der Waals surface area (Å²) in [6, 6.07) is 6.45. The van der Waals surface area contributed by atoms with Gasteiger partial charge in [-0.1, -0.05) is 13.0 Å². The van der Waals surface area contributed by atoms with Crippen molar-refractivity contribution in [1.29, 1.82) is 0 Å². The van der Waals surface area contributed by atoms with Gasteiger partial charge in [0.1, 0.15) is 0 Å². The van der Waals surface area contributed by atoms with Gasteiger partial charge < -0.3 is 14.6 Å². The van der Waals surface area contributed by atoms with Crippen LogP contribution < -0.4 is 9.47 Å². The summed E-state index contributed by atoms with van der Waals surface area (Å²) in [6.07, 6.45) is 2.26. The molecule has 2 heterocycles. The van der Waals surface area contributed by atoms with Gasteiger partial charge in [0.25, 0.3) is 0 Å². The van der Waals surface area contributed by atoms with E-state index in [1.165, 1.54) is 12.0 Å². The summed E-state index contributed by atoms with van der Waals surface area (Å²) in [6.45, 7) is 4.85. The molecule has 2 aliphatic heterocycles. The van der Waals surface area contributed by atoms with Crippen molar-refractivity contribution in [3.63, 3.8) is 0 Å². The summed E-state index contributed by atoms with van der Waals surface area (Å²) in [4.78, 5) is 2.45. The van der Waals surface area contributed by atoms with Gasteiger partial charge in [-0.05, 0) is 43.6 Å². The molecule has 0 saturated carbocycles. The number of nitrogens with zero attached hydrogens (tertiary/aromatic N) is 1. The second-order valence-corrected chi connectivity index (χ2v) is 5.27. The first-order chi connectivity index (χ1) is 9.33. The molecule has 3 rings (SSSR count). The van der Waals surface area contributed by atoms with Crippen molar-refractivity contribution >= 4 is 12.4 Å². The highest BCUT2D eigenvalue weighted by Gasteiger charge is 2.32. The van der Waals surface area contributed by atoms with E-state index in [1.54, 1.807) is 0 Å². The van der Waals surface area contributed by atoms with E-state index >= 15 is 0 Å². The summed E-state index contributed by atoms with van der Waals surface area (Å²) in [5, 5.41) is 9.65. The van der Waals surface area contributed by atoms with Crippen LogP contribution in [-0.4, -0.2) is 36.5 Å². The van der Waals surface area contributed by atoms with Crippen LogP contribution in [0.3, 0.4) is 0 Å². The molecule has 1 aromatic rings. The van der Waals surface area contributed by atoms with Crippen LogP contribution in [0.5, 0.6) is 11.5 Å². The van der Waals surface area contributed by atoms with E-state index in [1.807, 2.05) is 6.07 Å². The molecule has 0 spiro atoms. The largest absolute Gasteiger partial charge is 0.454 e. The molecular weight excluding hydrogens is 278 g/mol. The molecule has 112 valence electrons. The van der Waals surface area contributed by atoms with Crippen LogP contribution in [0.15, 0.2) is 18.2 Å². The Hall–Kier alpha value is -0.970. The number of piperidine rings is 1. The Bertz CT molecular complexity index is 443. The lowest BCUT2D eigenvalue weighted by Crippen LogP contribution is -2.40. The maximum Gasteiger partial charge on any atom is 0.231 e. The maximum absolute atomic E-state index is 9.65. The van der Waals surface area contributed by atoms with Crippen molar-refractivity contribution in [1.82, 2.24) is 4.90 Å². The van der Waals surface area contributed by atoms with Gasteiger partial charge in [0, 0.05) is 18.6 Å². The van der Waals surface area contributed by atoms with Crippen LogP contribution in [0.4, 0.5) is 0 Å². The molecule has 2 aliphatic rings. The number of halogens is 1. The summed E-state index contributed by atoms with van der Waals surface area (Å²) in [5.41, 5.74) is 1.23. The number of hydrogen-bond donors (Lipinski definition) is 1. The molecule has 2 atom stereocenters. The number of fused-ring (bicyclic) bond motifs is 1. The van der Waals surface area contributed by atoms with Crippen LogP contribution in [0.25, 0.3) is 0 Å². The van der Waals surface area contributed by atoms with Gasteiger partial charge in [0.15, 0.2) is 11.5 Å². The van der Waals surface area contributed by atoms with Crippen LogP contribution in [0.1, 0.15) is 31.4 Å². The highest BCUT2D eigenvalue weighted by molar-refractivity contribution is 5.85. The minimum atomic E-state index is 0. The predicted molar refractivity (Wildman–Crippen MR) is 79.6 cm³/mol. The smallest absolute Gasteiger partial charge is 0.231 e. The third-order valence-corrected chi connectivity index (χ3v) is 4.24. The molecule has 0 bridgehead atoms. The molecule has 1 saturated heterocycles. The van der Waals surface area contributed by atoms with Crippen molar-refractivity contribution in [2.75, 3.05) is 26.5 Å². The average Bonchev–Trinajstić information content (AvgIpc) is 2.93. The Balaban J connectivity index is 0.00000147. The van der Waals surface area contributed by atoms with E-state index in [0.29, 0.717) is 18.8 Å². The van der Waals surface area contributed by atoms with Gasteiger partial charge in [-0.2, -0.15) is 0 Å². The van der Waals surface area contributed by atoms with Crippen molar-refractivity contribution in [2.45, 2.75) is 25.8 Å². The number of rotatable bonds is 3. The van der Waals surface area contributed by atoms with E-state index in [0.717, 1.165) is 31.0 Å². The Morgan fingerprint density at radius 2 is 2.10 bits per heavy atom. The van der Waals surface area contributed by atoms with Crippen molar-refractivity contribution in [3.05, 3.63) is 23.8 Å². The zero-order valence-corrected chi connectivity index (χ0v) is 12.6. The number of aliphatic hydroxyl groups excluding tert-OH is 1. The molecule has 1 aromatic carbocycles. The molecule has 0 amide bonds. The van der Waals surface area contributed by atoms with Gasteiger partial charge in [0.05, 0.1) is 0 Å². The van der Waals surface area contributed by atoms with E-state index in [2.05, 4.69) is 24.0 Å². The average molecular weight is 300 g/mol. The Labute approximate surface area is 126 Å². The Kier molecular flexibility index (Phi) is 5.13. The molecule has 2 unspecified atom stereocenters. The fraction of sp³-hybridized carbons (Fsp3) is 0.600. The fourth-order valence-corrected chi connectivity index (χ4v) is 3.28. The number of likely N-dealkylation sites (tertiary alicyclic amines) is 1. The first-order valence-electron chi connectivity index (χ1n) is 7.08. The molecule has 0 aromatic heterocycles. The van der Waals surface area contributed by atoms with Gasteiger partial charge in [-0.15, -0.1) is 12.4 Å². The third kappa shape index (κ3) is 2.73. The van der Waals surface area contributed by atoms with Crippen LogP contribution in [0.2, 0.25) is 0 Å². The van der Waals surface area contributed by atoms with Crippen LogP contribution in [-0.2, 0) is 0 Å². The second kappa shape index (κ2) is 6.66. The summed E-state index contributed by atoms with van der Waals surface area (Å²) in [7, 11) is 0. The minimum absolute atomic E-state index is 0. The molecule has 0 aliphatic carbocycles. The molecule has 0 radical (unpaired) electrons. The van der Waals surface area contributed by atoms with E-state index in [9.17, 15) is 5.11 Å². The number of hydrogen-bond acceptors (Lipinski definition) is 4. The predicted octanol–water partition coefficient (Wildman–Crippen LogP) is 2.60. The zero-order valence-electron chi connectivity index (χ0n) is 11.7. The monoisotopic (exact) mass is 299 g/mol. The molecule has 1 fully saturated rings. The Morgan fingerprint density at radius 3 is 2.85 bits per heavy atom. The number of benzene rings is 1. The van der Waals surface area contributed by atoms with Gasteiger partial charge in [-0.25, -0.2) is 0 Å². The lowest BCUT2D eigenvalue weighted by molar-refractivity contribution is 0.0589. The van der Waals surface area contributed by atoms with Gasteiger partial charge >= 0.3 is 0 Å². The molecule has 1 N–H and O–H groups in total. The van der Waals surface area contributed by atoms with Crippen molar-refractivity contribution in [2.24, 2.45) is 5.92 Å². The van der Waals surface area contributed by atoms with Gasteiger partial charge in [-0.3, -0.25) is 4.90 Å². The topological polar surface area (TPSA) is 41.9 Å². The SMILES string of the molecule is CCN1CCCC(CO)C1c1ccc2c(c1)OCO2.Cl. The summed E-state index contributed by atoms with van der Waals surface area (Å²) in [5.74, 6) is 1.97. The summed E-state index contributed by atoms with van der Waals surface area (Å²) < 4.78 is 10.8. The third-order valence-electron chi connectivity index (χ3n) is 4.24. The number of ether oxygens (including phenoxy) is 2. The molecular formula is C15H22ClNO3. The van der Waals surface area contributed by atoms with Crippen LogP contribution in [0, 0.1) is 5.92 Å². The highest BCUT2D eigenvalue weighted by Crippen LogP contribution is 2.40. The molecule has 4 nitrogen and oxygen atoms in total. The second-order valence-electron chi connectivity index (χ2n) is 5.27. The quantitative estimate of drug-likeness (QED) is 0.931. The lowest BCUT2D eigenvalue weighted by atomic mass is 9.85. The van der Waals surface area contributed by atoms with E-state index in [-0.39, 0.29) is 19.0 Å². The first kappa shape index (κ1) is 15.4. The Morgan fingerprint density at radius 1 is 1.30 bits per heavy atom. The zero-order chi connectivity index (χ0) is 13.2. The van der Waals surface area contributed by atoms with Crippen LogP contribution >= 0.6 is 12.4 Å². The van der Waals surface area contributed by atoms with Crippen molar-refractivity contribution < 1.29 is 14.6 Å². The van der Waals surface area contributed by atoms with Gasteiger partial charge in [0.2, 0.25) is 6.79 Å². The standard InChI is InChI=1S/C15H21NO3.ClH/c1-2-16-7-3-4-12(9-17)15(16)11-5-6-13-14(8-11)19-10-18-13;/h5-6,8,12,15,17H,2-4,7,9-10H2,1H3;1H. The highest BCUT2D eigenvalue weighted by atomic mass is 35.5. The molecule has 5 heteroatoms. The minimum Gasteiger partial charge on any atom is -0.454 e.